The predicted molar refractivity (Wildman–Crippen MR) is 204 cm³/mol. The maximum atomic E-state index is 6.89. The van der Waals surface area contributed by atoms with Crippen LogP contribution in [0.1, 0.15) is 29.0 Å². The lowest BCUT2D eigenvalue weighted by molar-refractivity contribution is 0.387. The van der Waals surface area contributed by atoms with Crippen molar-refractivity contribution in [3.63, 3.8) is 0 Å². The van der Waals surface area contributed by atoms with Gasteiger partial charge in [-0.05, 0) is 84.4 Å². The summed E-state index contributed by atoms with van der Waals surface area (Å²) in [5, 5.41) is 17.4. The largest absolute Gasteiger partial charge is 0.456 e. The molecule has 0 aliphatic carbocycles. The van der Waals surface area contributed by atoms with Gasteiger partial charge in [0.05, 0.1) is 12.3 Å². The zero-order valence-corrected chi connectivity index (χ0v) is 26.9. The molecule has 0 aliphatic rings. The molecule has 9 aromatic rings. The average molecular weight is 634 g/mol. The van der Waals surface area contributed by atoms with E-state index in [0.717, 1.165) is 44.2 Å². The van der Waals surface area contributed by atoms with Gasteiger partial charge in [0.15, 0.2) is 0 Å². The summed E-state index contributed by atoms with van der Waals surface area (Å²) in [6.07, 6.45) is -0.655. The maximum absolute atomic E-state index is 6.89. The Morgan fingerprint density at radius 1 is 0.510 bits per heavy atom. The van der Waals surface area contributed by atoms with Crippen LogP contribution < -0.4 is 16.4 Å². The molecule has 49 heavy (non-hydrogen) atoms. The molecule has 0 spiro atoms. The van der Waals surface area contributed by atoms with Gasteiger partial charge in [-0.1, -0.05) is 140 Å². The monoisotopic (exact) mass is 633 g/mol. The first-order chi connectivity index (χ1) is 24.2. The number of para-hydroxylation sites is 1. The van der Waals surface area contributed by atoms with Crippen molar-refractivity contribution in [3.8, 4) is 11.1 Å². The van der Waals surface area contributed by atoms with Gasteiger partial charge in [-0.25, -0.2) is 0 Å². The molecule has 0 saturated heterocycles. The van der Waals surface area contributed by atoms with Gasteiger partial charge in [0.1, 0.15) is 11.2 Å². The first kappa shape index (κ1) is 29.4. The fourth-order valence-electron chi connectivity index (χ4n) is 7.41. The zero-order valence-electron chi connectivity index (χ0n) is 26.9. The number of nitrogens with one attached hydrogen (secondary N) is 2. The molecular weight excluding hydrogens is 599 g/mol. The molecule has 4 nitrogen and oxygen atoms in total. The number of rotatable bonds is 8. The van der Waals surface area contributed by atoms with E-state index in [-0.39, 0.29) is 12.3 Å². The van der Waals surface area contributed by atoms with E-state index in [0.29, 0.717) is 6.54 Å². The highest BCUT2D eigenvalue weighted by Gasteiger charge is 2.21. The second-order valence-electron chi connectivity index (χ2n) is 12.7. The van der Waals surface area contributed by atoms with Crippen LogP contribution >= 0.6 is 0 Å². The highest BCUT2D eigenvalue weighted by molar-refractivity contribution is 6.14. The molecule has 0 amide bonds. The van der Waals surface area contributed by atoms with Crippen molar-refractivity contribution < 1.29 is 4.42 Å². The number of benzene rings is 8. The van der Waals surface area contributed by atoms with Crippen molar-refractivity contribution in [1.82, 2.24) is 10.6 Å². The fraction of sp³-hybridized carbons (Fsp3) is 0.0667. The van der Waals surface area contributed by atoms with Crippen molar-refractivity contribution in [2.45, 2.75) is 18.9 Å². The minimum absolute atomic E-state index is 0.266. The maximum Gasteiger partial charge on any atom is 0.135 e. The molecule has 9 rings (SSSR count). The lowest BCUT2D eigenvalue weighted by atomic mass is 9.93. The summed E-state index contributed by atoms with van der Waals surface area (Å²) >= 11 is 0. The molecule has 8 aromatic carbocycles. The van der Waals surface area contributed by atoms with Crippen LogP contribution in [0.25, 0.3) is 65.4 Å². The summed E-state index contributed by atoms with van der Waals surface area (Å²) < 4.78 is 6.17. The van der Waals surface area contributed by atoms with E-state index < -0.39 is 0 Å². The van der Waals surface area contributed by atoms with Gasteiger partial charge in [0.25, 0.3) is 0 Å². The topological polar surface area (TPSA) is 63.2 Å². The van der Waals surface area contributed by atoms with Crippen molar-refractivity contribution in [1.29, 1.82) is 0 Å². The Morgan fingerprint density at radius 2 is 1.20 bits per heavy atom. The molecular formula is C45H35N3O. The van der Waals surface area contributed by atoms with Crippen LogP contribution in [0.2, 0.25) is 0 Å². The van der Waals surface area contributed by atoms with Gasteiger partial charge in [-0.2, -0.15) is 0 Å². The molecule has 0 aliphatic heterocycles. The highest BCUT2D eigenvalue weighted by atomic mass is 16.3. The van der Waals surface area contributed by atoms with E-state index in [1.165, 1.54) is 37.9 Å². The van der Waals surface area contributed by atoms with Crippen LogP contribution in [0.15, 0.2) is 168 Å². The first-order valence-electron chi connectivity index (χ1n) is 16.8. The van der Waals surface area contributed by atoms with Crippen molar-refractivity contribution in [3.05, 3.63) is 180 Å². The average Bonchev–Trinajstić information content (AvgIpc) is 3.54. The Bertz CT molecular complexity index is 2620. The standard InChI is InChI=1S/C45H35N3O/c46-44(30-13-2-1-3-14-30)48-45(38-20-9-8-17-34(38)32-23-25-43-40(27-32)37-19-10-11-21-42(37)49-43)47-28-41-35-18-7-5-15-31(35)26-39-33-16-6-4-12-29(33)22-24-36(39)41/h1-27,44-45,47-48H,28,46H2. The predicted octanol–water partition coefficient (Wildman–Crippen LogP) is 10.7. The van der Waals surface area contributed by atoms with E-state index in [1.54, 1.807) is 0 Å². The minimum atomic E-state index is -0.389. The Labute approximate surface area is 284 Å². The second-order valence-corrected chi connectivity index (χ2v) is 12.7. The molecule has 1 heterocycles. The summed E-state index contributed by atoms with van der Waals surface area (Å²) in [5.41, 5.74) is 14.3. The summed E-state index contributed by atoms with van der Waals surface area (Å²) in [4.78, 5) is 0. The fourth-order valence-corrected chi connectivity index (χ4v) is 7.41. The number of furan rings is 1. The molecule has 0 fully saturated rings. The Kier molecular flexibility index (Phi) is 7.40. The van der Waals surface area contributed by atoms with Gasteiger partial charge >= 0.3 is 0 Å². The molecule has 2 atom stereocenters. The summed E-state index contributed by atoms with van der Waals surface area (Å²) in [6, 6.07) is 57.7. The molecule has 236 valence electrons. The van der Waals surface area contributed by atoms with Gasteiger partial charge < -0.3 is 10.2 Å². The van der Waals surface area contributed by atoms with E-state index in [2.05, 4.69) is 144 Å². The van der Waals surface area contributed by atoms with E-state index >= 15 is 0 Å². The molecule has 0 saturated carbocycles. The van der Waals surface area contributed by atoms with Gasteiger partial charge in [0.2, 0.25) is 0 Å². The molecule has 0 radical (unpaired) electrons. The van der Waals surface area contributed by atoms with Crippen molar-refractivity contribution in [2.24, 2.45) is 5.73 Å². The van der Waals surface area contributed by atoms with Crippen LogP contribution in [-0.4, -0.2) is 0 Å². The van der Waals surface area contributed by atoms with Gasteiger partial charge in [0, 0.05) is 17.3 Å². The van der Waals surface area contributed by atoms with E-state index in [9.17, 15) is 0 Å². The second kappa shape index (κ2) is 12.3. The van der Waals surface area contributed by atoms with Crippen molar-refractivity contribution >= 4 is 54.3 Å². The summed E-state index contributed by atoms with van der Waals surface area (Å²) in [6.45, 7) is 0.634. The van der Waals surface area contributed by atoms with Gasteiger partial charge in [-0.15, -0.1) is 0 Å². The lowest BCUT2D eigenvalue weighted by Gasteiger charge is -2.28. The van der Waals surface area contributed by atoms with Crippen LogP contribution in [0.4, 0.5) is 0 Å². The number of fused-ring (bicyclic) bond motifs is 7. The van der Waals surface area contributed by atoms with E-state index in [1.807, 2.05) is 30.3 Å². The SMILES string of the molecule is NC(NC(NCc1c2ccccc2cc2c1ccc1ccccc12)c1ccccc1-c1ccc2oc3ccccc3c2c1)c1ccccc1. The van der Waals surface area contributed by atoms with Crippen LogP contribution in [-0.2, 0) is 6.54 Å². The zero-order chi connectivity index (χ0) is 32.7. The number of hydrogen-bond donors (Lipinski definition) is 3. The third-order valence-corrected chi connectivity index (χ3v) is 9.83. The Balaban J connectivity index is 1.17. The van der Waals surface area contributed by atoms with Crippen molar-refractivity contribution in [2.75, 3.05) is 0 Å². The molecule has 0 bridgehead atoms. The summed E-state index contributed by atoms with van der Waals surface area (Å²) in [7, 11) is 0. The third-order valence-electron chi connectivity index (χ3n) is 9.83. The minimum Gasteiger partial charge on any atom is -0.456 e. The van der Waals surface area contributed by atoms with Gasteiger partial charge in [-0.3, -0.25) is 10.6 Å². The lowest BCUT2D eigenvalue weighted by Crippen LogP contribution is -2.40. The molecule has 4 N–H and O–H groups in total. The van der Waals surface area contributed by atoms with Crippen LogP contribution in [0, 0.1) is 0 Å². The van der Waals surface area contributed by atoms with E-state index in [4.69, 9.17) is 10.2 Å². The van der Waals surface area contributed by atoms with Crippen LogP contribution in [0.5, 0.6) is 0 Å². The third kappa shape index (κ3) is 5.33. The smallest absolute Gasteiger partial charge is 0.135 e. The molecule has 4 heteroatoms. The summed E-state index contributed by atoms with van der Waals surface area (Å²) in [5.74, 6) is 0. The molecule has 2 unspecified atom stereocenters. The Morgan fingerprint density at radius 3 is 2.08 bits per heavy atom. The first-order valence-corrected chi connectivity index (χ1v) is 16.8. The normalized spacial score (nSPS) is 13.1. The number of nitrogens with two attached hydrogens (primary N) is 1. The Hall–Kier alpha value is -5.78. The number of hydrogen-bond acceptors (Lipinski definition) is 4. The highest BCUT2D eigenvalue weighted by Crippen LogP contribution is 2.37. The quantitative estimate of drug-likeness (QED) is 0.0885. The van der Waals surface area contributed by atoms with Crippen LogP contribution in [0.3, 0.4) is 0 Å². The molecule has 1 aromatic heterocycles.